The molecule has 0 unspecified atom stereocenters. The fourth-order valence-electron chi connectivity index (χ4n) is 1.54. The fraction of sp³-hybridized carbons (Fsp3) is 0.250. The number of hydrogen-bond donors (Lipinski definition) is 1. The van der Waals surface area contributed by atoms with E-state index in [0.717, 1.165) is 11.5 Å². The molecule has 6 heteroatoms. The first-order chi connectivity index (χ1) is 8.60. The molecule has 0 spiro atoms. The highest BCUT2D eigenvalue weighted by atomic mass is 35.5. The first-order valence-electron chi connectivity index (χ1n) is 5.38. The Labute approximate surface area is 109 Å². The van der Waals surface area contributed by atoms with Gasteiger partial charge in [-0.2, -0.15) is 0 Å². The van der Waals surface area contributed by atoms with Gasteiger partial charge in [0.15, 0.2) is 6.29 Å². The van der Waals surface area contributed by atoms with E-state index in [0.29, 0.717) is 24.5 Å². The molecule has 1 N–H and O–H groups in total. The van der Waals surface area contributed by atoms with Crippen LogP contribution in [0.5, 0.6) is 0 Å². The first kappa shape index (κ1) is 12.6. The number of aldehydes is 1. The van der Waals surface area contributed by atoms with Crippen LogP contribution in [0.1, 0.15) is 27.7 Å². The van der Waals surface area contributed by atoms with Crippen LogP contribution in [0.4, 0.5) is 5.82 Å². The van der Waals surface area contributed by atoms with Crippen molar-refractivity contribution in [1.82, 2.24) is 9.97 Å². The molecule has 0 aliphatic carbocycles. The van der Waals surface area contributed by atoms with Crippen LogP contribution in [0, 0.1) is 13.8 Å². The van der Waals surface area contributed by atoms with Crippen LogP contribution in [0.25, 0.3) is 0 Å². The van der Waals surface area contributed by atoms with Gasteiger partial charge in [-0.05, 0) is 26.0 Å². The minimum Gasteiger partial charge on any atom is -0.465 e. The Kier molecular flexibility index (Phi) is 3.62. The van der Waals surface area contributed by atoms with Gasteiger partial charge in [0.1, 0.15) is 28.3 Å². The van der Waals surface area contributed by atoms with Gasteiger partial charge in [0.05, 0.1) is 12.1 Å². The van der Waals surface area contributed by atoms with E-state index >= 15 is 0 Å². The van der Waals surface area contributed by atoms with Crippen molar-refractivity contribution in [2.24, 2.45) is 0 Å². The van der Waals surface area contributed by atoms with Crippen molar-refractivity contribution in [3.63, 3.8) is 0 Å². The second-order valence-electron chi connectivity index (χ2n) is 3.81. The van der Waals surface area contributed by atoms with E-state index < -0.39 is 0 Å². The van der Waals surface area contributed by atoms with Gasteiger partial charge < -0.3 is 9.73 Å². The molecule has 2 aromatic rings. The molecular weight excluding hydrogens is 254 g/mol. The fourth-order valence-corrected chi connectivity index (χ4v) is 1.79. The Balaban J connectivity index is 2.20. The third-order valence-electron chi connectivity index (χ3n) is 2.35. The molecule has 0 saturated carbocycles. The molecule has 2 rings (SSSR count). The summed E-state index contributed by atoms with van der Waals surface area (Å²) in [4.78, 5) is 19.0. The number of carbonyl (C=O) groups excluding carboxylic acids is 1. The van der Waals surface area contributed by atoms with E-state index in [4.69, 9.17) is 16.0 Å². The molecule has 0 fully saturated rings. The van der Waals surface area contributed by atoms with Crippen LogP contribution in [0.3, 0.4) is 0 Å². The summed E-state index contributed by atoms with van der Waals surface area (Å²) in [7, 11) is 0. The van der Waals surface area contributed by atoms with Crippen molar-refractivity contribution < 1.29 is 9.21 Å². The monoisotopic (exact) mass is 265 g/mol. The smallest absolute Gasteiger partial charge is 0.156 e. The number of carbonyl (C=O) groups is 1. The van der Waals surface area contributed by atoms with Crippen LogP contribution in [-0.2, 0) is 6.54 Å². The van der Waals surface area contributed by atoms with Gasteiger partial charge >= 0.3 is 0 Å². The number of hydrogen-bond acceptors (Lipinski definition) is 5. The zero-order valence-corrected chi connectivity index (χ0v) is 10.8. The van der Waals surface area contributed by atoms with Gasteiger partial charge in [0, 0.05) is 0 Å². The van der Waals surface area contributed by atoms with E-state index in [1.165, 1.54) is 0 Å². The summed E-state index contributed by atoms with van der Waals surface area (Å²) in [5.41, 5.74) is 0.255. The Morgan fingerprint density at radius 1 is 1.39 bits per heavy atom. The summed E-state index contributed by atoms with van der Waals surface area (Å²) in [6, 6.07) is 3.73. The molecule has 18 heavy (non-hydrogen) atoms. The normalized spacial score (nSPS) is 10.4. The summed E-state index contributed by atoms with van der Waals surface area (Å²) in [5, 5.41) is 3.16. The summed E-state index contributed by atoms with van der Waals surface area (Å²) in [6.45, 7) is 4.01. The van der Waals surface area contributed by atoms with Crippen molar-refractivity contribution >= 4 is 23.7 Å². The zero-order valence-electron chi connectivity index (χ0n) is 10.0. The molecule has 94 valence electrons. The molecule has 0 aliphatic heterocycles. The average Bonchev–Trinajstić information content (AvgIpc) is 2.72. The molecule has 0 radical (unpaired) electrons. The van der Waals surface area contributed by atoms with Crippen LogP contribution >= 0.6 is 11.6 Å². The lowest BCUT2D eigenvalue weighted by atomic mass is 10.3. The highest BCUT2D eigenvalue weighted by molar-refractivity contribution is 6.32. The quantitative estimate of drug-likeness (QED) is 0.680. The number of anilines is 1. The molecule has 2 heterocycles. The predicted molar refractivity (Wildman–Crippen MR) is 67.9 cm³/mol. The summed E-state index contributed by atoms with van der Waals surface area (Å²) in [5.74, 6) is 2.51. The van der Waals surface area contributed by atoms with Crippen LogP contribution < -0.4 is 5.32 Å². The first-order valence-corrected chi connectivity index (χ1v) is 5.76. The largest absolute Gasteiger partial charge is 0.465 e. The Morgan fingerprint density at radius 2 is 2.17 bits per heavy atom. The highest BCUT2D eigenvalue weighted by Crippen LogP contribution is 2.19. The van der Waals surface area contributed by atoms with E-state index in [-0.39, 0.29) is 10.7 Å². The van der Waals surface area contributed by atoms with Gasteiger partial charge in [0.2, 0.25) is 0 Å². The lowest BCUT2D eigenvalue weighted by molar-refractivity contribution is 0.112. The highest BCUT2D eigenvalue weighted by Gasteiger charge is 2.11. The molecule has 0 aliphatic rings. The Morgan fingerprint density at radius 3 is 2.78 bits per heavy atom. The van der Waals surface area contributed by atoms with Gasteiger partial charge in [-0.15, -0.1) is 0 Å². The number of aromatic nitrogens is 2. The molecule has 0 aromatic carbocycles. The lowest BCUT2D eigenvalue weighted by Gasteiger charge is -2.08. The van der Waals surface area contributed by atoms with Crippen LogP contribution in [0.15, 0.2) is 16.5 Å². The van der Waals surface area contributed by atoms with Crippen LogP contribution in [-0.4, -0.2) is 16.3 Å². The maximum absolute atomic E-state index is 10.9. The minimum absolute atomic E-state index is 0.149. The average molecular weight is 266 g/mol. The summed E-state index contributed by atoms with van der Waals surface area (Å²) >= 11 is 5.87. The standard InChI is InChI=1S/C12H12ClN3O2/c1-7-3-4-9(18-7)5-14-12-10(6-17)11(13)15-8(2)16-12/h3-4,6H,5H2,1-2H3,(H,14,15,16). The van der Waals surface area contributed by atoms with Crippen molar-refractivity contribution in [2.45, 2.75) is 20.4 Å². The molecule has 0 atom stereocenters. The lowest BCUT2D eigenvalue weighted by Crippen LogP contribution is -2.07. The second-order valence-corrected chi connectivity index (χ2v) is 4.17. The van der Waals surface area contributed by atoms with Crippen molar-refractivity contribution in [1.29, 1.82) is 0 Å². The Hall–Kier alpha value is -1.88. The van der Waals surface area contributed by atoms with E-state index in [2.05, 4.69) is 15.3 Å². The molecule has 0 saturated heterocycles. The second kappa shape index (κ2) is 5.18. The number of nitrogens with one attached hydrogen (secondary N) is 1. The van der Waals surface area contributed by atoms with E-state index in [1.54, 1.807) is 6.92 Å². The number of furan rings is 1. The van der Waals surface area contributed by atoms with Crippen molar-refractivity contribution in [2.75, 3.05) is 5.32 Å². The molecule has 0 bridgehead atoms. The number of halogens is 1. The molecule has 0 amide bonds. The van der Waals surface area contributed by atoms with Gasteiger partial charge in [-0.3, -0.25) is 4.79 Å². The van der Waals surface area contributed by atoms with E-state index in [1.807, 2.05) is 19.1 Å². The number of nitrogens with zero attached hydrogens (tertiary/aromatic N) is 2. The minimum atomic E-state index is 0.149. The van der Waals surface area contributed by atoms with Crippen molar-refractivity contribution in [3.8, 4) is 0 Å². The molecular formula is C12H12ClN3O2. The topological polar surface area (TPSA) is 68.0 Å². The van der Waals surface area contributed by atoms with E-state index in [9.17, 15) is 4.79 Å². The van der Waals surface area contributed by atoms with Gasteiger partial charge in [-0.25, -0.2) is 9.97 Å². The predicted octanol–water partition coefficient (Wildman–Crippen LogP) is 2.76. The van der Waals surface area contributed by atoms with Crippen molar-refractivity contribution in [3.05, 3.63) is 40.2 Å². The summed E-state index contributed by atoms with van der Waals surface area (Å²) < 4.78 is 5.41. The molecule has 5 nitrogen and oxygen atoms in total. The zero-order chi connectivity index (χ0) is 13.1. The number of aryl methyl sites for hydroxylation is 2. The molecule has 2 aromatic heterocycles. The van der Waals surface area contributed by atoms with Gasteiger partial charge in [0.25, 0.3) is 0 Å². The van der Waals surface area contributed by atoms with Crippen LogP contribution in [0.2, 0.25) is 5.15 Å². The Bertz CT molecular complexity index is 581. The third-order valence-corrected chi connectivity index (χ3v) is 2.64. The third kappa shape index (κ3) is 2.68. The summed E-state index contributed by atoms with van der Waals surface area (Å²) in [6.07, 6.45) is 0.636. The SMILES string of the molecule is Cc1nc(Cl)c(C=O)c(NCc2ccc(C)o2)n1. The maximum atomic E-state index is 10.9. The maximum Gasteiger partial charge on any atom is 0.156 e. The van der Waals surface area contributed by atoms with Gasteiger partial charge in [-0.1, -0.05) is 11.6 Å². The number of rotatable bonds is 4.